The standard InChI is InChI=1S/C11H16BrFN2OS/c1-7(15-17(16)11(2,3)4)10-9(13)5-8(12)6-14-10/h5-7,15H,1-4H3. The zero-order chi connectivity index (χ0) is 13.2. The Labute approximate surface area is 112 Å². The van der Waals surface area contributed by atoms with E-state index in [1.54, 1.807) is 6.92 Å². The predicted molar refractivity (Wildman–Crippen MR) is 71.3 cm³/mol. The van der Waals surface area contributed by atoms with Crippen LogP contribution < -0.4 is 4.72 Å². The number of pyridine rings is 1. The van der Waals surface area contributed by atoms with Crippen LogP contribution in [0.25, 0.3) is 0 Å². The Kier molecular flexibility index (Phi) is 4.80. The molecule has 0 aliphatic heterocycles. The molecule has 0 spiro atoms. The fraction of sp³-hybridized carbons (Fsp3) is 0.545. The zero-order valence-electron chi connectivity index (χ0n) is 10.3. The number of nitrogens with one attached hydrogen (secondary N) is 1. The van der Waals surface area contributed by atoms with Crippen molar-refractivity contribution in [3.63, 3.8) is 0 Å². The van der Waals surface area contributed by atoms with Crippen molar-refractivity contribution in [2.24, 2.45) is 0 Å². The van der Waals surface area contributed by atoms with Gasteiger partial charge in [0.15, 0.2) is 0 Å². The first kappa shape index (κ1) is 14.7. The average molecular weight is 323 g/mol. The summed E-state index contributed by atoms with van der Waals surface area (Å²) in [4.78, 5) is 3.99. The second-order valence-electron chi connectivity index (χ2n) is 4.74. The number of nitrogens with zero attached hydrogens (tertiary/aromatic N) is 1. The van der Waals surface area contributed by atoms with Crippen molar-refractivity contribution < 1.29 is 8.60 Å². The van der Waals surface area contributed by atoms with Crippen molar-refractivity contribution in [1.82, 2.24) is 9.71 Å². The molecule has 2 unspecified atom stereocenters. The van der Waals surface area contributed by atoms with Crippen molar-refractivity contribution in [3.05, 3.63) is 28.2 Å². The molecule has 1 rings (SSSR count). The van der Waals surface area contributed by atoms with Gasteiger partial charge < -0.3 is 0 Å². The van der Waals surface area contributed by atoms with Crippen LogP contribution in [0, 0.1) is 5.82 Å². The summed E-state index contributed by atoms with van der Waals surface area (Å²) in [6.07, 6.45) is 1.52. The van der Waals surface area contributed by atoms with Gasteiger partial charge in [0.05, 0.1) is 27.5 Å². The number of aromatic nitrogens is 1. The molecule has 3 nitrogen and oxygen atoms in total. The minimum atomic E-state index is -1.25. The van der Waals surface area contributed by atoms with E-state index in [0.29, 0.717) is 4.47 Å². The van der Waals surface area contributed by atoms with Gasteiger partial charge >= 0.3 is 0 Å². The lowest BCUT2D eigenvalue weighted by Crippen LogP contribution is -2.35. The second-order valence-corrected chi connectivity index (χ2v) is 7.65. The Bertz CT molecular complexity index is 434. The van der Waals surface area contributed by atoms with Crippen LogP contribution in [0.15, 0.2) is 16.7 Å². The van der Waals surface area contributed by atoms with Crippen molar-refractivity contribution in [3.8, 4) is 0 Å². The third-order valence-electron chi connectivity index (χ3n) is 2.09. The molecule has 0 fully saturated rings. The summed E-state index contributed by atoms with van der Waals surface area (Å²) < 4.78 is 28.5. The van der Waals surface area contributed by atoms with E-state index >= 15 is 0 Å². The third kappa shape index (κ3) is 4.12. The van der Waals surface area contributed by atoms with Crippen molar-refractivity contribution in [2.45, 2.75) is 38.5 Å². The SMILES string of the molecule is CC(NS(=O)C(C)(C)C)c1ncc(Br)cc1F. The highest BCUT2D eigenvalue weighted by Crippen LogP contribution is 2.20. The Balaban J connectivity index is 2.84. The summed E-state index contributed by atoms with van der Waals surface area (Å²) in [5, 5.41) is 0. The van der Waals surface area contributed by atoms with Gasteiger partial charge in [-0.2, -0.15) is 0 Å². The molecule has 1 heterocycles. The highest BCUT2D eigenvalue weighted by Gasteiger charge is 2.23. The van der Waals surface area contributed by atoms with Crippen LogP contribution in [0.3, 0.4) is 0 Å². The lowest BCUT2D eigenvalue weighted by atomic mass is 10.2. The van der Waals surface area contributed by atoms with Gasteiger partial charge in [0.25, 0.3) is 0 Å². The van der Waals surface area contributed by atoms with Gasteiger partial charge in [-0.1, -0.05) is 0 Å². The fourth-order valence-corrected chi connectivity index (χ4v) is 2.23. The smallest absolute Gasteiger partial charge is 0.147 e. The molecule has 17 heavy (non-hydrogen) atoms. The fourth-order valence-electron chi connectivity index (χ4n) is 1.14. The van der Waals surface area contributed by atoms with Crippen LogP contribution in [0.5, 0.6) is 0 Å². The second kappa shape index (κ2) is 5.54. The molecule has 0 aliphatic carbocycles. The molecule has 0 bridgehead atoms. The van der Waals surface area contributed by atoms with Gasteiger partial charge in [-0.3, -0.25) is 4.98 Å². The molecular formula is C11H16BrFN2OS. The molecule has 0 saturated carbocycles. The van der Waals surface area contributed by atoms with Crippen LogP contribution in [-0.2, 0) is 11.0 Å². The van der Waals surface area contributed by atoms with E-state index in [0.717, 1.165) is 0 Å². The molecule has 0 radical (unpaired) electrons. The number of halogens is 2. The maximum atomic E-state index is 13.6. The molecule has 1 N–H and O–H groups in total. The first-order chi connectivity index (χ1) is 7.71. The number of rotatable bonds is 3. The highest BCUT2D eigenvalue weighted by atomic mass is 79.9. The van der Waals surface area contributed by atoms with Crippen LogP contribution in [0.2, 0.25) is 0 Å². The largest absolute Gasteiger partial charge is 0.255 e. The molecule has 0 aliphatic rings. The lowest BCUT2D eigenvalue weighted by molar-refractivity contribution is 0.556. The summed E-state index contributed by atoms with van der Waals surface area (Å²) in [7, 11) is -1.25. The number of hydrogen-bond donors (Lipinski definition) is 1. The average Bonchev–Trinajstić information content (AvgIpc) is 2.15. The van der Waals surface area contributed by atoms with E-state index < -0.39 is 22.8 Å². The van der Waals surface area contributed by atoms with Crippen LogP contribution in [0.4, 0.5) is 4.39 Å². The normalized spacial score (nSPS) is 15.6. The molecule has 96 valence electrons. The van der Waals surface area contributed by atoms with E-state index in [-0.39, 0.29) is 10.4 Å². The third-order valence-corrected chi connectivity index (χ3v) is 4.20. The van der Waals surface area contributed by atoms with E-state index in [1.165, 1.54) is 12.3 Å². The molecule has 6 heteroatoms. The van der Waals surface area contributed by atoms with Gasteiger partial charge in [0.1, 0.15) is 5.82 Å². The predicted octanol–water partition coefficient (Wildman–Crippen LogP) is 3.10. The zero-order valence-corrected chi connectivity index (χ0v) is 12.7. The maximum Gasteiger partial charge on any atom is 0.147 e. The minimum Gasteiger partial charge on any atom is -0.255 e. The van der Waals surface area contributed by atoms with Gasteiger partial charge in [-0.25, -0.2) is 13.3 Å². The van der Waals surface area contributed by atoms with E-state index in [2.05, 4.69) is 25.6 Å². The lowest BCUT2D eigenvalue weighted by Gasteiger charge is -2.21. The van der Waals surface area contributed by atoms with E-state index in [1.807, 2.05) is 20.8 Å². The summed E-state index contributed by atoms with van der Waals surface area (Å²) in [6.45, 7) is 7.31. The quantitative estimate of drug-likeness (QED) is 0.929. The summed E-state index contributed by atoms with van der Waals surface area (Å²) in [5.74, 6) is -0.412. The molecule has 0 amide bonds. The summed E-state index contributed by atoms with van der Waals surface area (Å²) in [5.41, 5.74) is 0.269. The maximum absolute atomic E-state index is 13.6. The molecule has 0 aromatic carbocycles. The van der Waals surface area contributed by atoms with Gasteiger partial charge in [-0.15, -0.1) is 0 Å². The summed E-state index contributed by atoms with van der Waals surface area (Å²) in [6, 6.07) is 0.948. The molecule has 0 saturated heterocycles. The van der Waals surface area contributed by atoms with Crippen molar-refractivity contribution in [1.29, 1.82) is 0 Å². The topological polar surface area (TPSA) is 42.0 Å². The number of hydrogen-bond acceptors (Lipinski definition) is 2. The highest BCUT2D eigenvalue weighted by molar-refractivity contribution is 9.10. The van der Waals surface area contributed by atoms with E-state index in [9.17, 15) is 8.60 Å². The Morgan fingerprint density at radius 1 is 1.53 bits per heavy atom. The molecular weight excluding hydrogens is 307 g/mol. The minimum absolute atomic E-state index is 0.269. The first-order valence-corrected chi connectivity index (χ1v) is 7.15. The monoisotopic (exact) mass is 322 g/mol. The van der Waals surface area contributed by atoms with Crippen molar-refractivity contribution >= 4 is 26.9 Å². The Hall–Kier alpha value is -0.330. The van der Waals surface area contributed by atoms with Crippen LogP contribution >= 0.6 is 15.9 Å². The Morgan fingerprint density at radius 2 is 2.12 bits per heavy atom. The van der Waals surface area contributed by atoms with E-state index in [4.69, 9.17) is 0 Å². The Morgan fingerprint density at radius 3 is 2.59 bits per heavy atom. The first-order valence-electron chi connectivity index (χ1n) is 5.21. The molecule has 1 aromatic heterocycles. The molecule has 1 aromatic rings. The van der Waals surface area contributed by atoms with Gasteiger partial charge in [-0.05, 0) is 49.7 Å². The van der Waals surface area contributed by atoms with Crippen LogP contribution in [-0.4, -0.2) is 13.9 Å². The summed E-state index contributed by atoms with van der Waals surface area (Å²) >= 11 is 3.15. The molecule has 2 atom stereocenters. The van der Waals surface area contributed by atoms with Gasteiger partial charge in [0, 0.05) is 10.7 Å². The van der Waals surface area contributed by atoms with Gasteiger partial charge in [0.2, 0.25) is 0 Å². The van der Waals surface area contributed by atoms with Crippen LogP contribution in [0.1, 0.15) is 39.4 Å². The van der Waals surface area contributed by atoms with Crippen molar-refractivity contribution in [2.75, 3.05) is 0 Å².